The standard InChI is InChI=1S/C8H7ClFNO2/c1-11(8(12)13)7-4-5(9)2-3-6(7)10/h2-4H,1H3,(H,12,13). The summed E-state index contributed by atoms with van der Waals surface area (Å²) in [4.78, 5) is 11.2. The minimum Gasteiger partial charge on any atom is -0.465 e. The third-order valence-electron chi connectivity index (χ3n) is 1.56. The zero-order chi connectivity index (χ0) is 10.0. The molecule has 0 saturated carbocycles. The van der Waals surface area contributed by atoms with Crippen molar-refractivity contribution in [2.45, 2.75) is 0 Å². The lowest BCUT2D eigenvalue weighted by Gasteiger charge is -2.13. The summed E-state index contributed by atoms with van der Waals surface area (Å²) >= 11 is 5.58. The van der Waals surface area contributed by atoms with Crippen LogP contribution in [0.15, 0.2) is 18.2 Å². The van der Waals surface area contributed by atoms with E-state index < -0.39 is 11.9 Å². The van der Waals surface area contributed by atoms with Crippen LogP contribution < -0.4 is 4.90 Å². The van der Waals surface area contributed by atoms with Gasteiger partial charge in [0, 0.05) is 12.1 Å². The van der Waals surface area contributed by atoms with Gasteiger partial charge in [0.2, 0.25) is 0 Å². The van der Waals surface area contributed by atoms with Crippen LogP contribution in [0.2, 0.25) is 5.02 Å². The molecule has 3 nitrogen and oxygen atoms in total. The number of anilines is 1. The van der Waals surface area contributed by atoms with Crippen LogP contribution in [0.3, 0.4) is 0 Å². The fraction of sp³-hybridized carbons (Fsp3) is 0.125. The van der Waals surface area contributed by atoms with Crippen molar-refractivity contribution in [1.82, 2.24) is 0 Å². The number of hydrogen-bond acceptors (Lipinski definition) is 1. The molecule has 1 aromatic rings. The Kier molecular flexibility index (Phi) is 2.72. The largest absolute Gasteiger partial charge is 0.465 e. The highest BCUT2D eigenvalue weighted by molar-refractivity contribution is 6.30. The molecule has 1 rings (SSSR count). The zero-order valence-electron chi connectivity index (χ0n) is 6.79. The Bertz CT molecular complexity index is 343. The van der Waals surface area contributed by atoms with Gasteiger partial charge in [-0.15, -0.1) is 0 Å². The van der Waals surface area contributed by atoms with Gasteiger partial charge in [-0.1, -0.05) is 11.6 Å². The van der Waals surface area contributed by atoms with Gasteiger partial charge in [-0.25, -0.2) is 9.18 Å². The molecular formula is C8H7ClFNO2. The maximum atomic E-state index is 13.0. The fourth-order valence-corrected chi connectivity index (χ4v) is 1.01. The fourth-order valence-electron chi connectivity index (χ4n) is 0.846. The number of nitrogens with zero attached hydrogens (tertiary/aromatic N) is 1. The first-order valence-corrected chi connectivity index (χ1v) is 3.82. The van der Waals surface area contributed by atoms with E-state index in [1.165, 1.54) is 19.2 Å². The van der Waals surface area contributed by atoms with E-state index in [1.807, 2.05) is 0 Å². The van der Waals surface area contributed by atoms with Crippen LogP contribution in [0.1, 0.15) is 0 Å². The summed E-state index contributed by atoms with van der Waals surface area (Å²) in [6, 6.07) is 3.73. The third-order valence-corrected chi connectivity index (χ3v) is 1.79. The first-order chi connectivity index (χ1) is 6.02. The number of rotatable bonds is 1. The minimum absolute atomic E-state index is 0.0556. The summed E-state index contributed by atoms with van der Waals surface area (Å²) in [7, 11) is 1.25. The molecule has 70 valence electrons. The molecule has 0 unspecified atom stereocenters. The Morgan fingerprint density at radius 2 is 2.23 bits per heavy atom. The van der Waals surface area contributed by atoms with Crippen molar-refractivity contribution in [1.29, 1.82) is 0 Å². The van der Waals surface area contributed by atoms with Gasteiger partial charge in [0.25, 0.3) is 0 Å². The molecule has 0 aromatic heterocycles. The maximum Gasteiger partial charge on any atom is 0.411 e. The maximum absolute atomic E-state index is 13.0. The van der Waals surface area contributed by atoms with Gasteiger partial charge >= 0.3 is 6.09 Å². The van der Waals surface area contributed by atoms with Crippen molar-refractivity contribution in [2.24, 2.45) is 0 Å². The topological polar surface area (TPSA) is 40.5 Å². The second kappa shape index (κ2) is 3.62. The lowest BCUT2D eigenvalue weighted by Crippen LogP contribution is -2.24. The van der Waals surface area contributed by atoms with E-state index in [0.29, 0.717) is 5.02 Å². The number of hydrogen-bond donors (Lipinski definition) is 1. The van der Waals surface area contributed by atoms with Crippen molar-refractivity contribution in [3.63, 3.8) is 0 Å². The molecule has 0 saturated heterocycles. The second-order valence-electron chi connectivity index (χ2n) is 2.44. The van der Waals surface area contributed by atoms with Crippen LogP contribution in [-0.4, -0.2) is 18.2 Å². The second-order valence-corrected chi connectivity index (χ2v) is 2.87. The van der Waals surface area contributed by atoms with Gasteiger partial charge in [0.15, 0.2) is 0 Å². The summed E-state index contributed by atoms with van der Waals surface area (Å²) < 4.78 is 13.0. The van der Waals surface area contributed by atoms with E-state index in [9.17, 15) is 9.18 Å². The molecule has 0 fully saturated rings. The molecule has 13 heavy (non-hydrogen) atoms. The molecule has 0 atom stereocenters. The Balaban J connectivity index is 3.12. The molecular weight excluding hydrogens is 197 g/mol. The first kappa shape index (κ1) is 9.80. The monoisotopic (exact) mass is 203 g/mol. The third kappa shape index (κ3) is 2.09. The predicted octanol–water partition coefficient (Wildman–Crippen LogP) is 2.59. The summed E-state index contributed by atoms with van der Waals surface area (Å²) in [5.41, 5.74) is -0.0556. The predicted molar refractivity (Wildman–Crippen MR) is 47.8 cm³/mol. The van der Waals surface area contributed by atoms with Gasteiger partial charge in [-0.3, -0.25) is 4.90 Å². The van der Waals surface area contributed by atoms with Crippen LogP contribution in [-0.2, 0) is 0 Å². The highest BCUT2D eigenvalue weighted by Crippen LogP contribution is 2.22. The SMILES string of the molecule is CN(C(=O)O)c1cc(Cl)ccc1F. The lowest BCUT2D eigenvalue weighted by molar-refractivity contribution is 0.203. The van der Waals surface area contributed by atoms with Crippen molar-refractivity contribution >= 4 is 23.4 Å². The molecule has 0 spiro atoms. The summed E-state index contributed by atoms with van der Waals surface area (Å²) in [5, 5.41) is 8.86. The first-order valence-electron chi connectivity index (χ1n) is 3.44. The van der Waals surface area contributed by atoms with Crippen LogP contribution in [0.4, 0.5) is 14.9 Å². The van der Waals surface area contributed by atoms with Gasteiger partial charge in [-0.05, 0) is 18.2 Å². The van der Waals surface area contributed by atoms with Crippen molar-refractivity contribution in [2.75, 3.05) is 11.9 Å². The number of carbonyl (C=O) groups is 1. The number of amides is 1. The molecule has 1 aromatic carbocycles. The van der Waals surface area contributed by atoms with Crippen LogP contribution in [0, 0.1) is 5.82 Å². The molecule has 1 N–H and O–H groups in total. The molecule has 0 aliphatic rings. The highest BCUT2D eigenvalue weighted by atomic mass is 35.5. The van der Waals surface area contributed by atoms with Gasteiger partial charge in [-0.2, -0.15) is 0 Å². The van der Waals surface area contributed by atoms with Crippen molar-refractivity contribution in [3.8, 4) is 0 Å². The molecule has 0 bridgehead atoms. The Morgan fingerprint density at radius 3 is 2.77 bits per heavy atom. The number of carboxylic acid groups (broad SMARTS) is 1. The molecule has 5 heteroatoms. The quantitative estimate of drug-likeness (QED) is 0.762. The van der Waals surface area contributed by atoms with Crippen molar-refractivity contribution < 1.29 is 14.3 Å². The summed E-state index contributed by atoms with van der Waals surface area (Å²) in [6.07, 6.45) is -1.24. The van der Waals surface area contributed by atoms with E-state index in [1.54, 1.807) is 0 Å². The van der Waals surface area contributed by atoms with Crippen LogP contribution >= 0.6 is 11.6 Å². The number of benzene rings is 1. The van der Waals surface area contributed by atoms with Gasteiger partial charge in [0.05, 0.1) is 5.69 Å². The minimum atomic E-state index is -1.24. The smallest absolute Gasteiger partial charge is 0.411 e. The summed E-state index contributed by atoms with van der Waals surface area (Å²) in [5.74, 6) is -0.616. The van der Waals surface area contributed by atoms with E-state index in [2.05, 4.69) is 0 Å². The van der Waals surface area contributed by atoms with E-state index in [-0.39, 0.29) is 5.69 Å². The van der Waals surface area contributed by atoms with E-state index >= 15 is 0 Å². The molecule has 1 amide bonds. The normalized spacial score (nSPS) is 9.77. The molecule has 0 aliphatic heterocycles. The Morgan fingerprint density at radius 1 is 1.62 bits per heavy atom. The highest BCUT2D eigenvalue weighted by Gasteiger charge is 2.13. The molecule has 0 heterocycles. The molecule has 0 aliphatic carbocycles. The van der Waals surface area contributed by atoms with Gasteiger partial charge < -0.3 is 5.11 Å². The van der Waals surface area contributed by atoms with Crippen molar-refractivity contribution in [3.05, 3.63) is 29.0 Å². The zero-order valence-corrected chi connectivity index (χ0v) is 7.55. The number of halogens is 2. The average Bonchev–Trinajstić information content (AvgIpc) is 2.08. The van der Waals surface area contributed by atoms with E-state index in [4.69, 9.17) is 16.7 Å². The average molecular weight is 204 g/mol. The Labute approximate surface area is 79.3 Å². The Hall–Kier alpha value is -1.29. The van der Waals surface area contributed by atoms with Gasteiger partial charge in [0.1, 0.15) is 5.82 Å². The lowest BCUT2D eigenvalue weighted by atomic mass is 10.3. The van der Waals surface area contributed by atoms with Crippen LogP contribution in [0.5, 0.6) is 0 Å². The summed E-state index contributed by atoms with van der Waals surface area (Å²) in [6.45, 7) is 0. The molecule has 0 radical (unpaired) electrons. The van der Waals surface area contributed by atoms with E-state index in [0.717, 1.165) is 11.0 Å². The van der Waals surface area contributed by atoms with Crippen LogP contribution in [0.25, 0.3) is 0 Å².